The fourth-order valence-electron chi connectivity index (χ4n) is 4.98. The number of carbonyl (C=O) groups excluding carboxylic acids is 1. The van der Waals surface area contributed by atoms with E-state index in [4.69, 9.17) is 14.2 Å². The lowest BCUT2D eigenvalue weighted by Crippen LogP contribution is -2.41. The molecule has 1 N–H and O–H groups in total. The molecular formula is C21H30N2O4. The summed E-state index contributed by atoms with van der Waals surface area (Å²) in [7, 11) is 1.66. The van der Waals surface area contributed by atoms with E-state index in [-0.39, 0.29) is 17.2 Å². The number of likely N-dealkylation sites (tertiary alicyclic amines) is 1. The zero-order chi connectivity index (χ0) is 18.7. The minimum absolute atomic E-state index is 0.0778. The van der Waals surface area contributed by atoms with Crippen LogP contribution in [0.3, 0.4) is 0 Å². The number of hydrogen-bond donors (Lipinski definition) is 1. The van der Waals surface area contributed by atoms with Crippen molar-refractivity contribution in [1.82, 2.24) is 10.2 Å². The summed E-state index contributed by atoms with van der Waals surface area (Å²) in [4.78, 5) is 15.3. The molecule has 0 bridgehead atoms. The van der Waals surface area contributed by atoms with E-state index in [1.54, 1.807) is 7.11 Å². The molecule has 1 amide bonds. The Kier molecular flexibility index (Phi) is 5.55. The maximum absolute atomic E-state index is 12.8. The highest BCUT2D eigenvalue weighted by atomic mass is 16.6. The summed E-state index contributed by atoms with van der Waals surface area (Å²) in [6.07, 6.45) is 4.79. The number of methoxy groups -OCH3 is 1. The summed E-state index contributed by atoms with van der Waals surface area (Å²) in [6, 6.07) is 6.20. The normalized spacial score (nSPS) is 23.7. The topological polar surface area (TPSA) is 60.0 Å². The summed E-state index contributed by atoms with van der Waals surface area (Å²) < 4.78 is 16.4. The third kappa shape index (κ3) is 3.92. The van der Waals surface area contributed by atoms with Crippen LogP contribution in [0.15, 0.2) is 18.2 Å². The van der Waals surface area contributed by atoms with E-state index in [9.17, 15) is 4.79 Å². The van der Waals surface area contributed by atoms with Crippen molar-refractivity contribution in [3.8, 4) is 11.5 Å². The molecule has 148 valence electrons. The molecule has 1 saturated carbocycles. The second kappa shape index (κ2) is 8.07. The zero-order valence-electron chi connectivity index (χ0n) is 16.2. The predicted molar refractivity (Wildman–Crippen MR) is 102 cm³/mol. The summed E-state index contributed by atoms with van der Waals surface area (Å²) in [5.41, 5.74) is 1.36. The van der Waals surface area contributed by atoms with Gasteiger partial charge in [-0.2, -0.15) is 0 Å². The molecule has 2 aliphatic heterocycles. The third-order valence-electron chi connectivity index (χ3n) is 6.25. The van der Waals surface area contributed by atoms with Crippen molar-refractivity contribution in [1.29, 1.82) is 0 Å². The van der Waals surface area contributed by atoms with E-state index >= 15 is 0 Å². The number of nitrogens with one attached hydrogen (secondary N) is 1. The van der Waals surface area contributed by atoms with Crippen molar-refractivity contribution in [2.24, 2.45) is 11.3 Å². The molecule has 1 aromatic rings. The third-order valence-corrected chi connectivity index (χ3v) is 6.25. The number of rotatable bonds is 6. The number of hydrogen-bond acceptors (Lipinski definition) is 5. The quantitative estimate of drug-likeness (QED) is 0.774. The van der Waals surface area contributed by atoms with Gasteiger partial charge in [-0.3, -0.25) is 9.69 Å². The molecule has 2 fully saturated rings. The molecule has 6 heteroatoms. The number of benzene rings is 1. The Morgan fingerprint density at radius 1 is 1.26 bits per heavy atom. The van der Waals surface area contributed by atoms with Gasteiger partial charge in [0.1, 0.15) is 13.2 Å². The number of carbonyl (C=O) groups is 1. The minimum Gasteiger partial charge on any atom is -0.486 e. The highest BCUT2D eigenvalue weighted by Crippen LogP contribution is 2.49. The maximum atomic E-state index is 12.8. The number of ether oxygens (including phenoxy) is 3. The Balaban J connectivity index is 1.44. The van der Waals surface area contributed by atoms with Crippen LogP contribution in [0.4, 0.5) is 0 Å². The van der Waals surface area contributed by atoms with Gasteiger partial charge in [0, 0.05) is 33.3 Å². The number of fused-ring (bicyclic) bond motifs is 1. The van der Waals surface area contributed by atoms with E-state index in [1.165, 1.54) is 18.4 Å². The van der Waals surface area contributed by atoms with Crippen LogP contribution in [0.25, 0.3) is 0 Å². The van der Waals surface area contributed by atoms with Crippen LogP contribution in [0.1, 0.15) is 31.2 Å². The Hall–Kier alpha value is -1.79. The average molecular weight is 374 g/mol. The van der Waals surface area contributed by atoms with Gasteiger partial charge in [0.2, 0.25) is 5.91 Å². The van der Waals surface area contributed by atoms with Crippen molar-refractivity contribution in [3.05, 3.63) is 23.8 Å². The molecule has 4 rings (SSSR count). The first-order chi connectivity index (χ1) is 13.2. The molecule has 27 heavy (non-hydrogen) atoms. The van der Waals surface area contributed by atoms with E-state index in [1.807, 2.05) is 6.07 Å². The number of nitrogens with zero attached hydrogens (tertiary/aromatic N) is 1. The second-order valence-corrected chi connectivity index (χ2v) is 8.05. The van der Waals surface area contributed by atoms with Gasteiger partial charge in [0.25, 0.3) is 0 Å². The van der Waals surface area contributed by atoms with Crippen LogP contribution in [0.5, 0.6) is 11.5 Å². The lowest BCUT2D eigenvalue weighted by molar-refractivity contribution is -0.127. The molecule has 0 aromatic heterocycles. The van der Waals surface area contributed by atoms with Gasteiger partial charge < -0.3 is 19.5 Å². The van der Waals surface area contributed by atoms with Gasteiger partial charge >= 0.3 is 0 Å². The molecule has 3 aliphatic rings. The first kappa shape index (κ1) is 18.6. The highest BCUT2D eigenvalue weighted by molar-refractivity contribution is 5.80. The molecule has 6 nitrogen and oxygen atoms in total. The van der Waals surface area contributed by atoms with Gasteiger partial charge in [-0.25, -0.2) is 0 Å². The van der Waals surface area contributed by atoms with E-state index in [2.05, 4.69) is 22.3 Å². The van der Waals surface area contributed by atoms with Gasteiger partial charge in [0.15, 0.2) is 11.5 Å². The van der Waals surface area contributed by atoms with Gasteiger partial charge in [0.05, 0.1) is 12.5 Å². The molecule has 0 radical (unpaired) electrons. The average Bonchev–Trinajstić information content (AvgIpc) is 3.29. The minimum atomic E-state index is 0.0778. The fraction of sp³-hybridized carbons (Fsp3) is 0.667. The van der Waals surface area contributed by atoms with Crippen LogP contribution in [-0.2, 0) is 16.1 Å². The summed E-state index contributed by atoms with van der Waals surface area (Å²) >= 11 is 0. The van der Waals surface area contributed by atoms with E-state index in [0.29, 0.717) is 26.4 Å². The molecule has 1 atom stereocenters. The van der Waals surface area contributed by atoms with Gasteiger partial charge in [-0.1, -0.05) is 18.9 Å². The van der Waals surface area contributed by atoms with Crippen LogP contribution in [0, 0.1) is 11.3 Å². The summed E-state index contributed by atoms with van der Waals surface area (Å²) in [5.74, 6) is 1.93. The molecule has 1 aliphatic carbocycles. The molecule has 2 heterocycles. The summed E-state index contributed by atoms with van der Waals surface area (Å²) in [5, 5.41) is 3.07. The van der Waals surface area contributed by atoms with Crippen LogP contribution < -0.4 is 14.8 Å². The Morgan fingerprint density at radius 3 is 2.81 bits per heavy atom. The Morgan fingerprint density at radius 2 is 2.04 bits per heavy atom. The highest BCUT2D eigenvalue weighted by Gasteiger charge is 2.50. The van der Waals surface area contributed by atoms with Gasteiger partial charge in [-0.15, -0.1) is 0 Å². The monoisotopic (exact) mass is 374 g/mol. The molecule has 1 saturated heterocycles. The van der Waals surface area contributed by atoms with E-state index in [0.717, 1.165) is 44.0 Å². The van der Waals surface area contributed by atoms with Crippen molar-refractivity contribution in [3.63, 3.8) is 0 Å². The number of amides is 1. The first-order valence-electron chi connectivity index (χ1n) is 10.1. The van der Waals surface area contributed by atoms with Crippen LogP contribution >= 0.6 is 0 Å². The largest absolute Gasteiger partial charge is 0.486 e. The predicted octanol–water partition coefficient (Wildman–Crippen LogP) is 2.21. The maximum Gasteiger partial charge on any atom is 0.225 e. The van der Waals surface area contributed by atoms with E-state index < -0.39 is 0 Å². The van der Waals surface area contributed by atoms with Crippen LogP contribution in [0.2, 0.25) is 0 Å². The Bertz CT molecular complexity index is 672. The van der Waals surface area contributed by atoms with Gasteiger partial charge in [-0.05, 0) is 36.0 Å². The van der Waals surface area contributed by atoms with Crippen molar-refractivity contribution >= 4 is 5.91 Å². The van der Waals surface area contributed by atoms with Crippen LogP contribution in [-0.4, -0.2) is 57.4 Å². The zero-order valence-corrected chi connectivity index (χ0v) is 16.2. The fourth-order valence-corrected chi connectivity index (χ4v) is 4.98. The smallest absolute Gasteiger partial charge is 0.225 e. The van der Waals surface area contributed by atoms with Crippen molar-refractivity contribution in [2.75, 3.05) is 46.6 Å². The molecule has 1 aromatic carbocycles. The SMILES string of the molecule is COCCNC(=O)C1CN(Cc2ccc3c(c2)OCCO3)CC12CCCC2. The standard InChI is InChI=1S/C21H30N2O4/c1-25-9-8-22-20(24)17-14-23(15-21(17)6-2-3-7-21)13-16-4-5-18-19(12-16)27-11-10-26-18/h4-5,12,17H,2-3,6-11,13-15H2,1H3,(H,22,24). The first-order valence-corrected chi connectivity index (χ1v) is 10.1. The molecular weight excluding hydrogens is 344 g/mol. The lowest BCUT2D eigenvalue weighted by atomic mass is 9.76. The lowest BCUT2D eigenvalue weighted by Gasteiger charge is -2.29. The molecule has 1 spiro atoms. The second-order valence-electron chi connectivity index (χ2n) is 8.05. The summed E-state index contributed by atoms with van der Waals surface area (Å²) in [6.45, 7) is 5.04. The Labute approximate surface area is 161 Å². The van der Waals surface area contributed by atoms with Crippen molar-refractivity contribution in [2.45, 2.75) is 32.2 Å². The van der Waals surface area contributed by atoms with Crippen molar-refractivity contribution < 1.29 is 19.0 Å². The molecule has 1 unspecified atom stereocenters.